The fourth-order valence-electron chi connectivity index (χ4n) is 1.71. The molecule has 0 fully saturated rings. The van der Waals surface area contributed by atoms with Crippen molar-refractivity contribution in [3.63, 3.8) is 0 Å². The molecule has 1 amide bonds. The van der Waals surface area contributed by atoms with Crippen molar-refractivity contribution in [2.75, 3.05) is 5.32 Å². The summed E-state index contributed by atoms with van der Waals surface area (Å²) in [6.45, 7) is 3.01. The number of amides is 1. The normalized spacial score (nSPS) is 12.3. The zero-order chi connectivity index (χ0) is 16.6. The number of benzene rings is 1. The molecule has 0 aliphatic rings. The van der Waals surface area contributed by atoms with Crippen molar-refractivity contribution < 1.29 is 26.7 Å². The van der Waals surface area contributed by atoms with Crippen molar-refractivity contribution in [3.8, 4) is 0 Å². The highest BCUT2D eigenvalue weighted by Crippen LogP contribution is 2.27. The number of nitrogens with one attached hydrogen (secondary N) is 1. The summed E-state index contributed by atoms with van der Waals surface area (Å²) < 4.78 is 67.1. The van der Waals surface area contributed by atoms with Crippen molar-refractivity contribution in [2.24, 2.45) is 0 Å². The maximum Gasteiger partial charge on any atom is 0.249 e. The second kappa shape index (κ2) is 5.74. The molecule has 1 unspecified atom stereocenters. The second-order valence-corrected chi connectivity index (χ2v) is 4.55. The molecule has 0 spiro atoms. The molecule has 2 aromatic rings. The lowest BCUT2D eigenvalue weighted by atomic mass is 10.2. The van der Waals surface area contributed by atoms with Gasteiger partial charge >= 0.3 is 0 Å². The molecule has 1 aromatic heterocycles. The standard InChI is InChI=1S/C13H10F5N3O/c1-5-3-4-21(20-5)6(2)13(22)19-12-10(17)8(15)7(14)9(16)11(12)18/h3-4,6H,1-2H3,(H,19,22). The minimum atomic E-state index is -2.29. The quantitative estimate of drug-likeness (QED) is 0.537. The summed E-state index contributed by atoms with van der Waals surface area (Å²) in [4.78, 5) is 11.9. The van der Waals surface area contributed by atoms with Crippen molar-refractivity contribution >= 4 is 11.6 Å². The van der Waals surface area contributed by atoms with Gasteiger partial charge in [0.15, 0.2) is 23.3 Å². The first-order chi connectivity index (χ1) is 10.2. The summed E-state index contributed by atoms with van der Waals surface area (Å²) in [6.07, 6.45) is 1.44. The predicted octanol–water partition coefficient (Wildman–Crippen LogP) is 3.09. The summed E-state index contributed by atoms with van der Waals surface area (Å²) in [7, 11) is 0. The molecule has 9 heteroatoms. The van der Waals surface area contributed by atoms with Gasteiger partial charge in [-0.2, -0.15) is 5.10 Å². The average molecular weight is 319 g/mol. The Morgan fingerprint density at radius 3 is 2.05 bits per heavy atom. The molecule has 0 bridgehead atoms. The fraction of sp³-hybridized carbons (Fsp3) is 0.231. The molecule has 0 aliphatic carbocycles. The first kappa shape index (κ1) is 15.9. The zero-order valence-electron chi connectivity index (χ0n) is 11.4. The van der Waals surface area contributed by atoms with Crippen LogP contribution in [0.5, 0.6) is 0 Å². The SMILES string of the molecule is Cc1ccn(C(C)C(=O)Nc2c(F)c(F)c(F)c(F)c2F)n1. The van der Waals surface area contributed by atoms with Crippen molar-refractivity contribution in [1.29, 1.82) is 0 Å². The van der Waals surface area contributed by atoms with E-state index in [1.54, 1.807) is 18.3 Å². The third kappa shape index (κ3) is 2.66. The van der Waals surface area contributed by atoms with Gasteiger partial charge in [-0.3, -0.25) is 9.48 Å². The van der Waals surface area contributed by atoms with Crippen LogP contribution in [-0.4, -0.2) is 15.7 Å². The number of aromatic nitrogens is 2. The zero-order valence-corrected chi connectivity index (χ0v) is 11.4. The minimum Gasteiger partial charge on any atom is -0.319 e. The number of rotatable bonds is 3. The molecule has 0 radical (unpaired) electrons. The lowest BCUT2D eigenvalue weighted by Gasteiger charge is -2.14. The Balaban J connectivity index is 2.33. The van der Waals surface area contributed by atoms with Gasteiger partial charge in [0.2, 0.25) is 11.7 Å². The van der Waals surface area contributed by atoms with Crippen LogP contribution in [0.15, 0.2) is 12.3 Å². The summed E-state index contributed by atoms with van der Waals surface area (Å²) >= 11 is 0. The van der Waals surface area contributed by atoms with Crippen LogP contribution < -0.4 is 5.32 Å². The van der Waals surface area contributed by atoms with Crippen molar-refractivity contribution in [2.45, 2.75) is 19.9 Å². The average Bonchev–Trinajstić information content (AvgIpc) is 2.93. The summed E-state index contributed by atoms with van der Waals surface area (Å²) in [5.41, 5.74) is -0.798. The molecule has 1 aromatic carbocycles. The Morgan fingerprint density at radius 1 is 1.09 bits per heavy atom. The Labute approximate surface area is 121 Å². The number of carbonyl (C=O) groups excluding carboxylic acids is 1. The smallest absolute Gasteiger partial charge is 0.249 e. The van der Waals surface area contributed by atoms with E-state index in [4.69, 9.17) is 0 Å². The van der Waals surface area contributed by atoms with E-state index >= 15 is 0 Å². The molecule has 0 saturated heterocycles. The first-order valence-electron chi connectivity index (χ1n) is 6.08. The summed E-state index contributed by atoms with van der Waals surface area (Å²) in [6, 6.07) is 0.575. The Hall–Kier alpha value is -2.45. The van der Waals surface area contributed by atoms with Gasteiger partial charge in [0.25, 0.3) is 0 Å². The van der Waals surface area contributed by atoms with E-state index in [9.17, 15) is 26.7 Å². The fourth-order valence-corrected chi connectivity index (χ4v) is 1.71. The van der Waals surface area contributed by atoms with E-state index in [1.807, 2.05) is 0 Å². The van der Waals surface area contributed by atoms with Crippen LogP contribution in [0.3, 0.4) is 0 Å². The van der Waals surface area contributed by atoms with Crippen molar-refractivity contribution in [1.82, 2.24) is 9.78 Å². The van der Waals surface area contributed by atoms with Gasteiger partial charge < -0.3 is 5.32 Å². The number of halogens is 5. The van der Waals surface area contributed by atoms with Crippen LogP contribution in [-0.2, 0) is 4.79 Å². The number of carbonyl (C=O) groups is 1. The molecule has 4 nitrogen and oxygen atoms in total. The molecule has 118 valence electrons. The Morgan fingerprint density at radius 2 is 1.59 bits per heavy atom. The van der Waals surface area contributed by atoms with Crippen LogP contribution in [0.25, 0.3) is 0 Å². The van der Waals surface area contributed by atoms with Gasteiger partial charge in [0.05, 0.1) is 5.69 Å². The van der Waals surface area contributed by atoms with Gasteiger partial charge in [-0.1, -0.05) is 0 Å². The van der Waals surface area contributed by atoms with Gasteiger partial charge in [-0.15, -0.1) is 0 Å². The van der Waals surface area contributed by atoms with E-state index in [0.717, 1.165) is 0 Å². The van der Waals surface area contributed by atoms with Gasteiger partial charge in [-0.25, -0.2) is 22.0 Å². The molecule has 2 rings (SSSR count). The Bertz CT molecular complexity index is 715. The number of aryl methyl sites for hydroxylation is 1. The number of anilines is 1. The lowest BCUT2D eigenvalue weighted by molar-refractivity contribution is -0.119. The maximum atomic E-state index is 13.5. The molecule has 0 aliphatic heterocycles. The molecule has 1 N–H and O–H groups in total. The molecular formula is C13H10F5N3O. The van der Waals surface area contributed by atoms with Crippen LogP contribution in [0.4, 0.5) is 27.6 Å². The van der Waals surface area contributed by atoms with E-state index in [1.165, 1.54) is 17.8 Å². The van der Waals surface area contributed by atoms with Crippen LogP contribution in [0.2, 0.25) is 0 Å². The van der Waals surface area contributed by atoms with E-state index in [0.29, 0.717) is 5.69 Å². The van der Waals surface area contributed by atoms with Gasteiger partial charge in [0.1, 0.15) is 11.7 Å². The summed E-state index contributed by atoms with van der Waals surface area (Å²) in [5, 5.41) is 5.63. The maximum absolute atomic E-state index is 13.5. The van der Waals surface area contributed by atoms with Gasteiger partial charge in [0, 0.05) is 6.20 Å². The highest BCUT2D eigenvalue weighted by Gasteiger charge is 2.28. The number of hydrogen-bond donors (Lipinski definition) is 1. The highest BCUT2D eigenvalue weighted by molar-refractivity contribution is 5.93. The predicted molar refractivity (Wildman–Crippen MR) is 66.5 cm³/mol. The monoisotopic (exact) mass is 319 g/mol. The van der Waals surface area contributed by atoms with E-state index in [2.05, 4.69) is 5.10 Å². The molecule has 1 heterocycles. The van der Waals surface area contributed by atoms with E-state index < -0.39 is 46.7 Å². The third-order valence-corrected chi connectivity index (χ3v) is 2.98. The van der Waals surface area contributed by atoms with Crippen LogP contribution in [0.1, 0.15) is 18.7 Å². The van der Waals surface area contributed by atoms with Crippen LogP contribution in [0, 0.1) is 36.0 Å². The second-order valence-electron chi connectivity index (χ2n) is 4.55. The van der Waals surface area contributed by atoms with Crippen molar-refractivity contribution in [3.05, 3.63) is 47.0 Å². The lowest BCUT2D eigenvalue weighted by Crippen LogP contribution is -2.26. The first-order valence-corrected chi connectivity index (χ1v) is 6.08. The minimum absolute atomic E-state index is 0.593. The topological polar surface area (TPSA) is 46.9 Å². The Kier molecular flexibility index (Phi) is 4.16. The molecular weight excluding hydrogens is 309 g/mol. The number of hydrogen-bond acceptors (Lipinski definition) is 2. The van der Waals surface area contributed by atoms with E-state index in [-0.39, 0.29) is 0 Å². The van der Waals surface area contributed by atoms with Crippen LogP contribution >= 0.6 is 0 Å². The third-order valence-electron chi connectivity index (χ3n) is 2.98. The highest BCUT2D eigenvalue weighted by atomic mass is 19.2. The van der Waals surface area contributed by atoms with Gasteiger partial charge in [-0.05, 0) is 19.9 Å². The number of nitrogens with zero attached hydrogens (tertiary/aromatic N) is 2. The molecule has 22 heavy (non-hydrogen) atoms. The largest absolute Gasteiger partial charge is 0.319 e. The molecule has 1 atom stereocenters. The summed E-state index contributed by atoms with van der Waals surface area (Å²) in [5.74, 6) is -11.7. The molecule has 0 saturated carbocycles.